The number of aliphatic hydroxyl groups excluding tert-OH is 3. The second-order valence-electron chi connectivity index (χ2n) is 32.3. The van der Waals surface area contributed by atoms with E-state index in [0.29, 0.717) is 36.6 Å². The molecule has 42 heteroatoms. The molecule has 6 aliphatic rings. The third kappa shape index (κ3) is 31.5. The normalized spacial score (nSPS) is 20.4. The summed E-state index contributed by atoms with van der Waals surface area (Å²) in [5.74, 6) is 1.82. The molecule has 9 atom stereocenters. The third-order valence-corrected chi connectivity index (χ3v) is 29.3. The lowest BCUT2D eigenvalue weighted by Gasteiger charge is -2.37. The van der Waals surface area contributed by atoms with Crippen molar-refractivity contribution >= 4 is 108 Å². The van der Waals surface area contributed by atoms with Crippen LogP contribution in [0.1, 0.15) is 101 Å². The number of morpholine rings is 2. The average molecular weight is 2020 g/mol. The first-order valence-electron chi connectivity index (χ1n) is 43.6. The minimum absolute atomic E-state index is 0. The number of amides is 2. The molecule has 8 heterocycles. The highest BCUT2D eigenvalue weighted by Gasteiger charge is 2.51. The van der Waals surface area contributed by atoms with Crippen LogP contribution in [0.4, 0.5) is 11.6 Å². The van der Waals surface area contributed by atoms with Crippen molar-refractivity contribution in [3.63, 3.8) is 0 Å². The van der Waals surface area contributed by atoms with Crippen LogP contribution in [0.5, 0.6) is 23.0 Å². The number of halogens is 2. The predicted molar refractivity (Wildman–Crippen MR) is 529 cm³/mol. The van der Waals surface area contributed by atoms with Crippen LogP contribution in [0.15, 0.2) is 192 Å². The Bertz CT molecular complexity index is 5340. The van der Waals surface area contributed by atoms with Gasteiger partial charge in [0, 0.05) is 90.7 Å². The number of rotatable bonds is 26. The lowest BCUT2D eigenvalue weighted by molar-refractivity contribution is -0.115. The van der Waals surface area contributed by atoms with Gasteiger partial charge < -0.3 is 102 Å². The number of nitriles is 1. The standard InChI is InChI=1S/C37H40N4O10S2.C21H19ClO2.C16H22N4O8S2.C9H18ClN2OP.2C5H11NO.CH4/c1-24(42)38-31-17-18-41(35(44)39-31)34-33(51-36(52)40-19-21-53(45,46)22-20-40)32(43)30(50-34)23-49-37(25-7-5-4-6-8-25,26-9-13-28(47-2)14-10-26)27-11-15-29(48-3)16-12-27;1-23-19-12-8-17(9-13-19)21(22,16-6-4-3-5-7-16)18-10-14-20(24-2)15-11-18;1-9(22)17-11-2-3-20(15(24)18-11)14-13(12(23)10(8-21)27-14)28-16(29)19-4-6-30(25,26)7-5-19;1-8(2)12(9(3)4)14(10)13-7-5-6-11;2*1-6-2-4-7-5-3-6;/h4-18,30,32-34,43H,19-23H2,1-3H3,(H,38,39,42,44);3-15H,1-2H3;2-3,10,12-14,21,23H,4-8H2,1H3,(H,17,18,22,24);8-9H,5,7H2,1-4H3;2*2-5H2,1H3;1H4/t30-,32+,33?,34-;;10-,12+,13?,14-;;;;/m1.1..../s1. The second-order valence-corrected chi connectivity index (χ2v) is 40.2. The number of nitrogens with zero attached hydrogens (tertiary/aromatic N) is 10. The van der Waals surface area contributed by atoms with Crippen molar-refractivity contribution in [2.45, 2.75) is 127 Å². The summed E-state index contributed by atoms with van der Waals surface area (Å²) in [6.07, 6.45) is -6.53. The fourth-order valence-electron chi connectivity index (χ4n) is 14.9. The van der Waals surface area contributed by atoms with E-state index in [1.54, 1.807) is 38.2 Å². The molecule has 6 saturated heterocycles. The number of aromatic nitrogens is 4. The largest absolute Gasteiger partial charge is 0.497 e. The van der Waals surface area contributed by atoms with E-state index in [2.05, 4.69) is 76.9 Å². The third-order valence-electron chi connectivity index (χ3n) is 22.2. The van der Waals surface area contributed by atoms with Crippen molar-refractivity contribution in [3.8, 4) is 29.1 Å². The second kappa shape index (κ2) is 54.2. The smallest absolute Gasteiger partial charge is 0.351 e. The van der Waals surface area contributed by atoms with E-state index >= 15 is 0 Å². The molecule has 6 fully saturated rings. The first-order chi connectivity index (χ1) is 64.5. The Hall–Kier alpha value is -9.48. The van der Waals surface area contributed by atoms with Gasteiger partial charge in [0.15, 0.2) is 44.3 Å². The molecule has 6 aromatic carbocycles. The minimum Gasteiger partial charge on any atom is -0.497 e. The monoisotopic (exact) mass is 2020 g/mol. The number of hydrogen-bond donors (Lipinski definition) is 5. The number of carbonyl (C=O) groups excluding carboxylic acids is 2. The van der Waals surface area contributed by atoms with Crippen LogP contribution in [0.3, 0.4) is 0 Å². The van der Waals surface area contributed by atoms with Crippen molar-refractivity contribution in [1.82, 2.24) is 43.4 Å². The molecule has 3 unspecified atom stereocenters. The van der Waals surface area contributed by atoms with Crippen LogP contribution < -0.4 is 41.0 Å². The molecule has 136 heavy (non-hydrogen) atoms. The number of anilines is 2. The first kappa shape index (κ1) is 112. The van der Waals surface area contributed by atoms with Crippen LogP contribution in [-0.4, -0.2) is 311 Å². The van der Waals surface area contributed by atoms with Crippen LogP contribution in [0.25, 0.3) is 0 Å². The maximum Gasteiger partial charge on any atom is 0.351 e. The Kier molecular flexibility index (Phi) is 44.5. The SMILES string of the molecule is C.CC(=O)Nc1ccn([C@@H]2O[C@H](CO)[C@H](O)C2OC(=S)N2CCS(=O)(=O)CC2)c(=O)n1.CC(C)N(C(C)C)P(Cl)OCCC#N.CN1CCOCC1.CN1CCOCC1.COc1ccc(C(Cl)(c2ccccc2)c2ccc(OC)cc2)cc1.COc1ccc(C(OC[C@H]2O[C@@H](n3ccc(NC(C)=O)nc3=O)C(OC(=S)N3CCS(=O)(=O)CC3)[C@H]2O)(c2ccccc2)c2ccc(OC)cc2)cc1. The Labute approximate surface area is 817 Å². The van der Waals surface area contributed by atoms with Crippen molar-refractivity contribution in [2.24, 2.45) is 0 Å². The van der Waals surface area contributed by atoms with Crippen LogP contribution >= 0.6 is 54.9 Å². The highest BCUT2D eigenvalue weighted by Crippen LogP contribution is 2.50. The number of nitrogens with one attached hydrogen (secondary N) is 2. The number of sulfone groups is 2. The van der Waals surface area contributed by atoms with Gasteiger partial charge in [-0.05, 0) is 172 Å². The van der Waals surface area contributed by atoms with E-state index in [1.165, 1.54) is 38.4 Å². The summed E-state index contributed by atoms with van der Waals surface area (Å²) in [4.78, 5) is 63.1. The molecule has 0 aliphatic carbocycles. The lowest BCUT2D eigenvalue weighted by atomic mass is 9.80. The molecular formula is C94H125Cl2N12O23PS4. The first-order valence-corrected chi connectivity index (χ1v) is 50.6. The van der Waals surface area contributed by atoms with Crippen LogP contribution in [-0.2, 0) is 77.4 Å². The maximum atomic E-state index is 13.3. The maximum absolute atomic E-state index is 13.3. The van der Waals surface area contributed by atoms with Gasteiger partial charge in [-0.2, -0.15) is 15.2 Å². The Balaban J connectivity index is 0.000000230. The number of likely N-dealkylation sites (N-methyl/N-ethyl adjacent to an activating group) is 2. The number of carbonyl (C=O) groups is 2. The van der Waals surface area contributed by atoms with Gasteiger partial charge in [-0.25, -0.2) is 31.1 Å². The molecule has 5 N–H and O–H groups in total. The number of alkyl halides is 1. The fraction of sp³-hybridized carbons (Fsp3) is 0.479. The van der Waals surface area contributed by atoms with E-state index < -0.39 is 117 Å². The van der Waals surface area contributed by atoms with Gasteiger partial charge in [-0.3, -0.25) is 18.7 Å². The molecule has 14 rings (SSSR count). The highest BCUT2D eigenvalue weighted by atomic mass is 35.7. The van der Waals surface area contributed by atoms with Gasteiger partial charge in [0.05, 0.1) is 110 Å². The highest BCUT2D eigenvalue weighted by molar-refractivity contribution is 7.91. The van der Waals surface area contributed by atoms with Gasteiger partial charge in [0.25, 0.3) is 10.3 Å². The summed E-state index contributed by atoms with van der Waals surface area (Å²) in [7, 11) is 3.30. The van der Waals surface area contributed by atoms with Gasteiger partial charge >= 0.3 is 11.4 Å². The zero-order chi connectivity index (χ0) is 98.2. The van der Waals surface area contributed by atoms with E-state index in [9.17, 15) is 51.3 Å². The fourth-order valence-corrected chi connectivity index (χ4v) is 20.6. The van der Waals surface area contributed by atoms with Gasteiger partial charge in [0.1, 0.15) is 69.5 Å². The van der Waals surface area contributed by atoms with E-state index in [4.69, 9.17) is 109 Å². The van der Waals surface area contributed by atoms with Crippen molar-refractivity contribution in [2.75, 3.05) is 175 Å². The van der Waals surface area contributed by atoms with Crippen molar-refractivity contribution < 1.29 is 98.4 Å². The van der Waals surface area contributed by atoms with Crippen molar-refractivity contribution in [3.05, 3.63) is 237 Å². The molecule has 0 bridgehead atoms. The van der Waals surface area contributed by atoms with E-state index in [0.717, 1.165) is 107 Å². The van der Waals surface area contributed by atoms with E-state index in [1.807, 2.05) is 164 Å². The molecule has 2 aromatic heterocycles. The molecule has 2 amide bonds. The summed E-state index contributed by atoms with van der Waals surface area (Å²) in [6, 6.07) is 55.8. The van der Waals surface area contributed by atoms with Gasteiger partial charge in [-0.15, -0.1) is 11.6 Å². The predicted octanol–water partition coefficient (Wildman–Crippen LogP) is 10.0. The Morgan fingerprint density at radius 1 is 0.551 bits per heavy atom. The molecule has 0 radical (unpaired) electrons. The van der Waals surface area contributed by atoms with Gasteiger partial charge in [0.2, 0.25) is 19.5 Å². The lowest BCUT2D eigenvalue weighted by Crippen LogP contribution is -2.47. The molecule has 742 valence electrons. The Morgan fingerprint density at radius 2 is 0.882 bits per heavy atom. The topological polar surface area (TPSA) is 408 Å². The number of thiocarbonyl (C=S) groups is 2. The number of ether oxygens (including phenoxy) is 11. The number of aliphatic hydroxyl groups is 3. The summed E-state index contributed by atoms with van der Waals surface area (Å²) in [6.45, 7) is 19.2. The molecule has 0 spiro atoms. The minimum atomic E-state index is -3.21. The number of methoxy groups -OCH3 is 4. The zero-order valence-electron chi connectivity index (χ0n) is 77.6. The number of benzene rings is 6. The summed E-state index contributed by atoms with van der Waals surface area (Å²) in [5.41, 5.74) is 2.47. The Morgan fingerprint density at radius 3 is 1.20 bits per heavy atom. The van der Waals surface area contributed by atoms with Gasteiger partial charge in [-0.1, -0.05) is 117 Å². The number of hydrogen-bond acceptors (Lipinski definition) is 31. The molecule has 0 saturated carbocycles. The van der Waals surface area contributed by atoms with Crippen molar-refractivity contribution in [1.29, 1.82) is 5.26 Å². The molecule has 8 aromatic rings. The zero-order valence-corrected chi connectivity index (χ0v) is 83.2. The summed E-state index contributed by atoms with van der Waals surface area (Å²) in [5, 5.41) is 45.0. The van der Waals surface area contributed by atoms with Crippen LogP contribution in [0.2, 0.25) is 0 Å². The van der Waals surface area contributed by atoms with E-state index in [-0.39, 0.29) is 85.2 Å². The summed E-state index contributed by atoms with van der Waals surface area (Å²) < 4.78 is 119. The molecular weight excluding hydrogens is 1900 g/mol. The van der Waals surface area contributed by atoms with Crippen LogP contribution in [0, 0.1) is 11.3 Å². The molecule has 6 aliphatic heterocycles. The summed E-state index contributed by atoms with van der Waals surface area (Å²) >= 11 is 24.2. The average Bonchev–Trinajstić information content (AvgIpc) is 0.984. The quantitative estimate of drug-likeness (QED) is 0.0111. The molecule has 35 nitrogen and oxygen atoms in total.